The van der Waals surface area contributed by atoms with Crippen molar-refractivity contribution in [2.24, 2.45) is 5.92 Å². The second-order valence-electron chi connectivity index (χ2n) is 8.30. The molecule has 8 nitrogen and oxygen atoms in total. The number of piperidine rings is 1. The molecule has 2 saturated heterocycles. The Morgan fingerprint density at radius 3 is 2.72 bits per heavy atom. The maximum atomic E-state index is 13.0. The van der Waals surface area contributed by atoms with Gasteiger partial charge in [-0.15, -0.1) is 0 Å². The van der Waals surface area contributed by atoms with Crippen LogP contribution < -0.4 is 4.74 Å². The third-order valence-electron chi connectivity index (χ3n) is 6.13. The lowest BCUT2D eigenvalue weighted by Crippen LogP contribution is -2.51. The molecule has 0 saturated carbocycles. The summed E-state index contributed by atoms with van der Waals surface area (Å²) in [5.74, 6) is 1.63. The highest BCUT2D eigenvalue weighted by molar-refractivity contribution is 9.10. The molecule has 2 fully saturated rings. The maximum Gasteiger partial charge on any atom is 0.242 e. The van der Waals surface area contributed by atoms with E-state index in [1.807, 2.05) is 51.8 Å². The van der Waals surface area contributed by atoms with Gasteiger partial charge in [-0.3, -0.25) is 9.59 Å². The predicted molar refractivity (Wildman–Crippen MR) is 122 cm³/mol. The highest BCUT2D eigenvalue weighted by Gasteiger charge is 2.35. The second-order valence-corrected chi connectivity index (χ2v) is 9.22. The zero-order chi connectivity index (χ0) is 22.5. The van der Waals surface area contributed by atoms with Gasteiger partial charge in [-0.05, 0) is 25.1 Å². The highest BCUT2D eigenvalue weighted by Crippen LogP contribution is 2.28. The zero-order valence-corrected chi connectivity index (χ0v) is 19.9. The Bertz CT molecular complexity index is 944. The lowest BCUT2D eigenvalue weighted by molar-refractivity contribution is -0.141. The van der Waals surface area contributed by atoms with E-state index >= 15 is 0 Å². The zero-order valence-electron chi connectivity index (χ0n) is 18.3. The number of morpholine rings is 1. The topological polar surface area (TPSA) is 76.9 Å². The third kappa shape index (κ3) is 5.69. The van der Waals surface area contributed by atoms with Gasteiger partial charge in [-0.25, -0.2) is 4.98 Å². The maximum absolute atomic E-state index is 13.0. The number of carbonyl (C=O) groups excluding carboxylic acids is 2. The Labute approximate surface area is 196 Å². The molecular weight excluding hydrogens is 476 g/mol. The van der Waals surface area contributed by atoms with Crippen LogP contribution in [0.3, 0.4) is 0 Å². The first kappa shape index (κ1) is 22.8. The number of aryl methyl sites for hydroxylation is 1. The number of aromatic nitrogens is 2. The molecule has 0 spiro atoms. The van der Waals surface area contributed by atoms with Crippen molar-refractivity contribution in [2.45, 2.75) is 32.4 Å². The summed E-state index contributed by atoms with van der Waals surface area (Å²) in [4.78, 5) is 33.9. The molecule has 0 radical (unpaired) electrons. The number of hydrogen-bond acceptors (Lipinski definition) is 5. The fourth-order valence-electron chi connectivity index (χ4n) is 4.29. The number of rotatable bonds is 6. The first-order valence-corrected chi connectivity index (χ1v) is 11.8. The van der Waals surface area contributed by atoms with E-state index in [4.69, 9.17) is 9.47 Å². The van der Waals surface area contributed by atoms with Gasteiger partial charge < -0.3 is 23.8 Å². The van der Waals surface area contributed by atoms with Gasteiger partial charge in [0.15, 0.2) is 0 Å². The summed E-state index contributed by atoms with van der Waals surface area (Å²) in [7, 11) is 0. The van der Waals surface area contributed by atoms with E-state index in [0.717, 1.165) is 16.0 Å². The molecule has 2 aromatic rings. The molecule has 0 unspecified atom stereocenters. The highest BCUT2D eigenvalue weighted by atomic mass is 79.9. The van der Waals surface area contributed by atoms with Gasteiger partial charge >= 0.3 is 0 Å². The summed E-state index contributed by atoms with van der Waals surface area (Å²) in [5.41, 5.74) is 0. The van der Waals surface area contributed by atoms with Gasteiger partial charge in [0.2, 0.25) is 11.8 Å². The summed E-state index contributed by atoms with van der Waals surface area (Å²) < 4.78 is 14.5. The van der Waals surface area contributed by atoms with Gasteiger partial charge in [0.05, 0.1) is 13.2 Å². The van der Waals surface area contributed by atoms with Crippen molar-refractivity contribution in [3.8, 4) is 5.75 Å². The number of likely N-dealkylation sites (tertiary alicyclic amines) is 1. The van der Waals surface area contributed by atoms with E-state index < -0.39 is 0 Å². The Morgan fingerprint density at radius 1 is 1.19 bits per heavy atom. The van der Waals surface area contributed by atoms with Crippen LogP contribution in [0.15, 0.2) is 41.1 Å². The van der Waals surface area contributed by atoms with E-state index in [0.29, 0.717) is 52.2 Å². The van der Waals surface area contributed by atoms with E-state index in [1.165, 1.54) is 0 Å². The molecule has 9 heteroatoms. The summed E-state index contributed by atoms with van der Waals surface area (Å²) in [6.45, 7) is 5.63. The van der Waals surface area contributed by atoms with Crippen LogP contribution in [0.5, 0.6) is 5.75 Å². The van der Waals surface area contributed by atoms with Crippen LogP contribution in [-0.2, 0) is 20.9 Å². The van der Waals surface area contributed by atoms with Crippen LogP contribution in [0, 0.1) is 12.8 Å². The average molecular weight is 505 g/mol. The van der Waals surface area contributed by atoms with Crippen molar-refractivity contribution in [3.05, 3.63) is 47.0 Å². The first-order valence-electron chi connectivity index (χ1n) is 11.0. The van der Waals surface area contributed by atoms with Crippen molar-refractivity contribution < 1.29 is 19.1 Å². The van der Waals surface area contributed by atoms with Crippen molar-refractivity contribution in [1.29, 1.82) is 0 Å². The van der Waals surface area contributed by atoms with Crippen molar-refractivity contribution in [1.82, 2.24) is 19.4 Å². The van der Waals surface area contributed by atoms with Crippen LogP contribution in [0.1, 0.15) is 18.7 Å². The van der Waals surface area contributed by atoms with E-state index in [2.05, 4.69) is 20.9 Å². The number of carbonyl (C=O) groups is 2. The standard InChI is InChI=1S/C23H29BrN4O4/c1-17-25-6-8-27(17)16-23(30)28-7-5-21(32-20-4-2-3-19(24)14-20)18(15-28)13-22(29)26-9-11-31-12-10-26/h2-4,6,8,14,18,21H,5,7,9-13,15-16H2,1H3/t18-,21-/m0/s1. The van der Waals surface area contributed by atoms with Gasteiger partial charge in [-0.2, -0.15) is 0 Å². The van der Waals surface area contributed by atoms with Crippen LogP contribution in [0.4, 0.5) is 0 Å². The molecule has 1 aromatic heterocycles. The van der Waals surface area contributed by atoms with Crippen molar-refractivity contribution in [3.63, 3.8) is 0 Å². The minimum atomic E-state index is -0.131. The van der Waals surface area contributed by atoms with E-state index in [-0.39, 0.29) is 30.4 Å². The molecule has 2 atom stereocenters. The molecule has 172 valence electrons. The van der Waals surface area contributed by atoms with E-state index in [1.54, 1.807) is 6.20 Å². The van der Waals surface area contributed by atoms with Crippen LogP contribution in [-0.4, -0.2) is 76.7 Å². The number of benzene rings is 1. The quantitative estimate of drug-likeness (QED) is 0.603. The summed E-state index contributed by atoms with van der Waals surface area (Å²) in [5, 5.41) is 0. The van der Waals surface area contributed by atoms with Gasteiger partial charge in [0.25, 0.3) is 0 Å². The Morgan fingerprint density at radius 2 is 2.00 bits per heavy atom. The number of nitrogens with zero attached hydrogens (tertiary/aromatic N) is 4. The summed E-state index contributed by atoms with van der Waals surface area (Å²) >= 11 is 3.48. The third-order valence-corrected chi connectivity index (χ3v) is 6.62. The molecule has 2 amide bonds. The molecule has 4 rings (SSSR count). The van der Waals surface area contributed by atoms with Gasteiger partial charge in [0.1, 0.15) is 24.2 Å². The molecule has 2 aliphatic heterocycles. The monoisotopic (exact) mass is 504 g/mol. The second kappa shape index (κ2) is 10.5. The molecule has 2 aliphatic rings. The smallest absolute Gasteiger partial charge is 0.242 e. The molecule has 0 aliphatic carbocycles. The fraction of sp³-hybridized carbons (Fsp3) is 0.522. The lowest BCUT2D eigenvalue weighted by atomic mass is 9.90. The first-order chi connectivity index (χ1) is 15.5. The number of ether oxygens (including phenoxy) is 2. The number of imidazole rings is 1. The predicted octanol–water partition coefficient (Wildman–Crippen LogP) is 2.50. The van der Waals surface area contributed by atoms with Gasteiger partial charge in [-0.1, -0.05) is 22.0 Å². The van der Waals surface area contributed by atoms with Gasteiger partial charge in [0, 0.05) is 61.8 Å². The molecular formula is C23H29BrN4O4. The number of hydrogen-bond donors (Lipinski definition) is 0. The van der Waals surface area contributed by atoms with E-state index in [9.17, 15) is 9.59 Å². The molecule has 32 heavy (non-hydrogen) atoms. The number of amides is 2. The fourth-order valence-corrected chi connectivity index (χ4v) is 4.66. The van der Waals surface area contributed by atoms with Crippen LogP contribution >= 0.6 is 15.9 Å². The van der Waals surface area contributed by atoms with Crippen molar-refractivity contribution in [2.75, 3.05) is 39.4 Å². The Kier molecular flexibility index (Phi) is 7.47. The summed E-state index contributed by atoms with van der Waals surface area (Å²) in [6, 6.07) is 7.73. The molecule has 3 heterocycles. The Hall–Kier alpha value is -2.39. The summed E-state index contributed by atoms with van der Waals surface area (Å²) in [6.07, 6.45) is 4.42. The van der Waals surface area contributed by atoms with Crippen molar-refractivity contribution >= 4 is 27.7 Å². The largest absolute Gasteiger partial charge is 0.490 e. The molecule has 0 N–H and O–H groups in total. The van der Waals surface area contributed by atoms with Crippen LogP contribution in [0.2, 0.25) is 0 Å². The average Bonchev–Trinajstić information content (AvgIpc) is 3.19. The minimum Gasteiger partial charge on any atom is -0.490 e. The normalized spacial score (nSPS) is 21.4. The Balaban J connectivity index is 1.45. The number of halogens is 1. The molecule has 1 aromatic carbocycles. The SMILES string of the molecule is Cc1nccn1CC(=O)N1CC[C@H](Oc2cccc(Br)c2)[C@@H](CC(=O)N2CCOCC2)C1. The van der Waals surface area contributed by atoms with Crippen LogP contribution in [0.25, 0.3) is 0 Å². The lowest BCUT2D eigenvalue weighted by Gasteiger charge is -2.39. The minimum absolute atomic E-state index is 0.0378. The molecule has 0 bridgehead atoms.